The van der Waals surface area contributed by atoms with E-state index in [1.54, 1.807) is 24.5 Å². The van der Waals surface area contributed by atoms with E-state index < -0.39 is 0 Å². The first-order valence-electron chi connectivity index (χ1n) is 8.84. The molecular weight excluding hydrogens is 334 g/mol. The number of amides is 1. The Bertz CT molecular complexity index is 737. The van der Waals surface area contributed by atoms with Gasteiger partial charge >= 0.3 is 6.01 Å². The van der Waals surface area contributed by atoms with Crippen molar-refractivity contribution in [2.24, 2.45) is 5.92 Å². The maximum absolute atomic E-state index is 12.4. The molecule has 0 aliphatic carbocycles. The Morgan fingerprint density at radius 2 is 2.12 bits per heavy atom. The van der Waals surface area contributed by atoms with Crippen LogP contribution in [0.4, 0.5) is 0 Å². The van der Waals surface area contributed by atoms with Crippen LogP contribution in [0.25, 0.3) is 0 Å². The number of ether oxygens (including phenoxy) is 2. The lowest BCUT2D eigenvalue weighted by Crippen LogP contribution is -2.66. The van der Waals surface area contributed by atoms with Crippen LogP contribution < -0.4 is 4.74 Å². The Kier molecular flexibility index (Phi) is 4.75. The SMILES string of the molecule is O=C(c1ccnnc1)N1CC2(C[C@@H](CCOc3ncccn3)CCO2)C1. The molecule has 2 fully saturated rings. The molecule has 2 aromatic rings. The van der Waals surface area contributed by atoms with E-state index >= 15 is 0 Å². The largest absolute Gasteiger partial charge is 0.463 e. The van der Waals surface area contributed by atoms with E-state index in [1.165, 1.54) is 12.4 Å². The van der Waals surface area contributed by atoms with E-state index in [9.17, 15) is 4.79 Å². The third kappa shape index (κ3) is 3.65. The monoisotopic (exact) mass is 355 g/mol. The average molecular weight is 355 g/mol. The number of carbonyl (C=O) groups is 1. The first kappa shape index (κ1) is 16.8. The molecule has 8 nitrogen and oxygen atoms in total. The van der Waals surface area contributed by atoms with E-state index in [-0.39, 0.29) is 11.5 Å². The summed E-state index contributed by atoms with van der Waals surface area (Å²) in [4.78, 5) is 22.4. The maximum Gasteiger partial charge on any atom is 0.316 e. The molecule has 1 atom stereocenters. The fourth-order valence-electron chi connectivity index (χ4n) is 3.67. The van der Waals surface area contributed by atoms with Crippen LogP contribution in [0.5, 0.6) is 6.01 Å². The molecule has 0 aromatic carbocycles. The predicted octanol–water partition coefficient (Wildman–Crippen LogP) is 1.36. The molecule has 4 rings (SSSR count). The molecule has 1 amide bonds. The molecule has 2 aromatic heterocycles. The second-order valence-electron chi connectivity index (χ2n) is 6.85. The van der Waals surface area contributed by atoms with Gasteiger partial charge in [-0.25, -0.2) is 9.97 Å². The van der Waals surface area contributed by atoms with Gasteiger partial charge in [-0.2, -0.15) is 10.2 Å². The second-order valence-corrected chi connectivity index (χ2v) is 6.85. The van der Waals surface area contributed by atoms with Gasteiger partial charge in [-0.05, 0) is 37.3 Å². The molecule has 2 aliphatic rings. The van der Waals surface area contributed by atoms with E-state index in [2.05, 4.69) is 20.2 Å². The van der Waals surface area contributed by atoms with Gasteiger partial charge in [0.05, 0.1) is 37.7 Å². The number of likely N-dealkylation sites (tertiary alicyclic amines) is 1. The molecule has 8 heteroatoms. The van der Waals surface area contributed by atoms with Gasteiger partial charge in [0.15, 0.2) is 0 Å². The summed E-state index contributed by atoms with van der Waals surface area (Å²) in [6.45, 7) is 2.59. The summed E-state index contributed by atoms with van der Waals surface area (Å²) in [6, 6.07) is 3.87. The minimum atomic E-state index is -0.206. The van der Waals surface area contributed by atoms with Crippen LogP contribution in [0.2, 0.25) is 0 Å². The Labute approximate surface area is 151 Å². The zero-order valence-electron chi connectivity index (χ0n) is 14.5. The Hall–Kier alpha value is -2.61. The second kappa shape index (κ2) is 7.33. The molecule has 0 bridgehead atoms. The topological polar surface area (TPSA) is 90.3 Å². The van der Waals surface area contributed by atoms with Crippen molar-refractivity contribution in [1.82, 2.24) is 25.1 Å². The Morgan fingerprint density at radius 3 is 2.88 bits per heavy atom. The van der Waals surface area contributed by atoms with Gasteiger partial charge in [0.2, 0.25) is 0 Å². The molecule has 136 valence electrons. The number of nitrogens with zero attached hydrogens (tertiary/aromatic N) is 5. The smallest absolute Gasteiger partial charge is 0.316 e. The van der Waals surface area contributed by atoms with Crippen LogP contribution in [-0.2, 0) is 4.74 Å². The van der Waals surface area contributed by atoms with Crippen molar-refractivity contribution < 1.29 is 14.3 Å². The van der Waals surface area contributed by atoms with Crippen molar-refractivity contribution in [3.05, 3.63) is 42.5 Å². The van der Waals surface area contributed by atoms with Crippen LogP contribution in [0.1, 0.15) is 29.6 Å². The summed E-state index contributed by atoms with van der Waals surface area (Å²) in [5.41, 5.74) is 0.362. The normalized spacial score (nSPS) is 21.2. The van der Waals surface area contributed by atoms with Crippen molar-refractivity contribution in [1.29, 1.82) is 0 Å². The Balaban J connectivity index is 1.26. The van der Waals surface area contributed by atoms with Crippen LogP contribution in [-0.4, -0.2) is 62.9 Å². The van der Waals surface area contributed by atoms with Crippen LogP contribution >= 0.6 is 0 Å². The summed E-state index contributed by atoms with van der Waals surface area (Å²) in [5.74, 6) is 0.508. The summed E-state index contributed by atoms with van der Waals surface area (Å²) in [5, 5.41) is 7.48. The molecule has 26 heavy (non-hydrogen) atoms. The molecular formula is C18H21N5O3. The molecule has 0 saturated carbocycles. The first-order valence-corrected chi connectivity index (χ1v) is 8.84. The zero-order valence-corrected chi connectivity index (χ0v) is 14.5. The van der Waals surface area contributed by atoms with Gasteiger partial charge in [-0.3, -0.25) is 4.79 Å². The molecule has 0 unspecified atom stereocenters. The van der Waals surface area contributed by atoms with Crippen molar-refractivity contribution in [3.63, 3.8) is 0 Å². The lowest BCUT2D eigenvalue weighted by Gasteiger charge is -2.53. The number of aromatic nitrogens is 4. The highest BCUT2D eigenvalue weighted by atomic mass is 16.5. The van der Waals surface area contributed by atoms with Gasteiger partial charge in [0, 0.05) is 19.0 Å². The highest BCUT2D eigenvalue weighted by molar-refractivity contribution is 5.94. The molecule has 0 N–H and O–H groups in total. The van der Waals surface area contributed by atoms with Crippen molar-refractivity contribution >= 4 is 5.91 Å². The number of hydrogen-bond acceptors (Lipinski definition) is 7. The Morgan fingerprint density at radius 1 is 1.27 bits per heavy atom. The fourth-order valence-corrected chi connectivity index (χ4v) is 3.67. The third-order valence-corrected chi connectivity index (χ3v) is 4.97. The average Bonchev–Trinajstić information content (AvgIpc) is 2.67. The summed E-state index contributed by atoms with van der Waals surface area (Å²) < 4.78 is 11.6. The van der Waals surface area contributed by atoms with Crippen LogP contribution in [0, 0.1) is 5.92 Å². The molecule has 2 saturated heterocycles. The molecule has 0 radical (unpaired) electrons. The number of rotatable bonds is 5. The molecule has 1 spiro atoms. The highest BCUT2D eigenvalue weighted by Gasteiger charge is 2.49. The fraction of sp³-hybridized carbons (Fsp3) is 0.500. The number of hydrogen-bond donors (Lipinski definition) is 0. The van der Waals surface area contributed by atoms with E-state index in [0.29, 0.717) is 37.2 Å². The highest BCUT2D eigenvalue weighted by Crippen LogP contribution is 2.38. The lowest BCUT2D eigenvalue weighted by atomic mass is 9.79. The molecule has 2 aliphatic heterocycles. The first-order chi connectivity index (χ1) is 12.7. The van der Waals surface area contributed by atoms with Crippen LogP contribution in [0.3, 0.4) is 0 Å². The third-order valence-electron chi connectivity index (χ3n) is 4.97. The quantitative estimate of drug-likeness (QED) is 0.800. The predicted molar refractivity (Wildman–Crippen MR) is 91.5 cm³/mol. The van der Waals surface area contributed by atoms with Gasteiger partial charge in [-0.1, -0.05) is 0 Å². The zero-order chi connectivity index (χ0) is 17.8. The minimum Gasteiger partial charge on any atom is -0.463 e. The van der Waals surface area contributed by atoms with E-state index in [4.69, 9.17) is 9.47 Å². The summed E-state index contributed by atoms with van der Waals surface area (Å²) in [7, 11) is 0. The van der Waals surface area contributed by atoms with Crippen LogP contribution in [0.15, 0.2) is 36.9 Å². The standard InChI is InChI=1S/C18H21N5O3/c24-16(15-2-7-21-22-11-15)23-12-18(13-23)10-14(4-9-26-18)3-8-25-17-19-5-1-6-20-17/h1-2,5-7,11,14H,3-4,8-10,12-13H2/t14-/m0/s1. The number of carbonyl (C=O) groups excluding carboxylic acids is 1. The van der Waals surface area contributed by atoms with Gasteiger partial charge in [0.25, 0.3) is 5.91 Å². The van der Waals surface area contributed by atoms with Crippen molar-refractivity contribution in [2.75, 3.05) is 26.3 Å². The van der Waals surface area contributed by atoms with Gasteiger partial charge in [0.1, 0.15) is 5.60 Å². The van der Waals surface area contributed by atoms with E-state index in [0.717, 1.165) is 25.9 Å². The van der Waals surface area contributed by atoms with E-state index in [1.807, 2.05) is 4.90 Å². The molecule has 4 heterocycles. The van der Waals surface area contributed by atoms with Crippen molar-refractivity contribution in [2.45, 2.75) is 24.9 Å². The van der Waals surface area contributed by atoms with Crippen molar-refractivity contribution in [3.8, 4) is 6.01 Å². The van der Waals surface area contributed by atoms with Gasteiger partial charge in [-0.15, -0.1) is 0 Å². The maximum atomic E-state index is 12.4. The lowest BCUT2D eigenvalue weighted by molar-refractivity contribution is -0.166. The summed E-state index contributed by atoms with van der Waals surface area (Å²) >= 11 is 0. The minimum absolute atomic E-state index is 0.0131. The summed E-state index contributed by atoms with van der Waals surface area (Å²) in [6.07, 6.45) is 9.28. The van der Waals surface area contributed by atoms with Gasteiger partial charge < -0.3 is 14.4 Å².